The van der Waals surface area contributed by atoms with E-state index in [1.807, 2.05) is 45.9 Å². The standard InChI is InChI=1S/C28H35N3O5S/c1-19-7-6-8-23-24(19)17-25(29-26(23)32)21-9-11-22(12-10-21)37(34,35)30(5)18-20-13-15-31(16-14-20)27(33)36-28(2,3)4/h6-12,17,20H,13-16,18H2,1-5H3,(H,29,32). The molecule has 4 rings (SSSR count). The molecule has 1 amide bonds. The van der Waals surface area contributed by atoms with Crippen molar-refractivity contribution in [2.45, 2.75) is 51.0 Å². The number of fused-ring (bicyclic) bond motifs is 1. The van der Waals surface area contributed by atoms with Crippen LogP contribution in [-0.4, -0.2) is 61.0 Å². The zero-order chi connectivity index (χ0) is 27.0. The fourth-order valence-corrected chi connectivity index (χ4v) is 5.92. The average molecular weight is 526 g/mol. The first-order chi connectivity index (χ1) is 17.3. The Morgan fingerprint density at radius 1 is 1.08 bits per heavy atom. The first kappa shape index (κ1) is 26.9. The highest BCUT2D eigenvalue weighted by atomic mass is 32.2. The van der Waals surface area contributed by atoms with Gasteiger partial charge in [0.05, 0.1) is 4.90 Å². The summed E-state index contributed by atoms with van der Waals surface area (Å²) >= 11 is 0. The molecule has 0 radical (unpaired) electrons. The van der Waals surface area contributed by atoms with Crippen molar-refractivity contribution in [2.75, 3.05) is 26.7 Å². The second kappa shape index (κ2) is 10.3. The number of likely N-dealkylation sites (tertiary alicyclic amines) is 1. The van der Waals surface area contributed by atoms with Crippen LogP contribution < -0.4 is 5.56 Å². The lowest BCUT2D eigenvalue weighted by Crippen LogP contribution is -2.44. The molecule has 0 unspecified atom stereocenters. The number of aryl methyl sites for hydroxylation is 1. The predicted molar refractivity (Wildman–Crippen MR) is 145 cm³/mol. The van der Waals surface area contributed by atoms with Crippen LogP contribution in [0.15, 0.2) is 58.2 Å². The third kappa shape index (κ3) is 6.05. The van der Waals surface area contributed by atoms with Crippen molar-refractivity contribution in [1.29, 1.82) is 0 Å². The van der Waals surface area contributed by atoms with Crippen LogP contribution >= 0.6 is 0 Å². The number of nitrogens with zero attached hydrogens (tertiary/aromatic N) is 2. The van der Waals surface area contributed by atoms with Gasteiger partial charge >= 0.3 is 6.09 Å². The van der Waals surface area contributed by atoms with Gasteiger partial charge in [-0.1, -0.05) is 24.3 Å². The summed E-state index contributed by atoms with van der Waals surface area (Å²) < 4.78 is 33.3. The molecule has 8 nitrogen and oxygen atoms in total. The number of hydrogen-bond acceptors (Lipinski definition) is 5. The summed E-state index contributed by atoms with van der Waals surface area (Å²) in [6.45, 7) is 8.95. The van der Waals surface area contributed by atoms with Gasteiger partial charge in [-0.25, -0.2) is 17.5 Å². The minimum atomic E-state index is -3.68. The molecule has 0 spiro atoms. The van der Waals surface area contributed by atoms with E-state index in [0.29, 0.717) is 43.6 Å². The number of carbonyl (C=O) groups excluding carboxylic acids is 1. The molecular weight excluding hydrogens is 490 g/mol. The maximum absolute atomic E-state index is 13.2. The van der Waals surface area contributed by atoms with Crippen LogP contribution in [0.4, 0.5) is 4.79 Å². The quantitative estimate of drug-likeness (QED) is 0.517. The third-order valence-corrected chi connectivity index (χ3v) is 8.60. The number of nitrogens with one attached hydrogen (secondary N) is 1. The second-order valence-electron chi connectivity index (χ2n) is 10.8. The Morgan fingerprint density at radius 3 is 2.35 bits per heavy atom. The van der Waals surface area contributed by atoms with E-state index in [1.54, 1.807) is 42.3 Å². The molecule has 0 atom stereocenters. The van der Waals surface area contributed by atoms with E-state index in [-0.39, 0.29) is 22.5 Å². The molecule has 1 aromatic heterocycles. The number of H-pyrrole nitrogens is 1. The minimum Gasteiger partial charge on any atom is -0.444 e. The van der Waals surface area contributed by atoms with E-state index < -0.39 is 15.6 Å². The molecule has 1 aliphatic heterocycles. The number of pyridine rings is 1. The molecule has 3 aromatic rings. The number of ether oxygens (including phenoxy) is 1. The molecule has 1 saturated heterocycles. The van der Waals surface area contributed by atoms with Crippen LogP contribution in [0.3, 0.4) is 0 Å². The zero-order valence-corrected chi connectivity index (χ0v) is 22.9. The van der Waals surface area contributed by atoms with E-state index in [4.69, 9.17) is 4.74 Å². The highest BCUT2D eigenvalue weighted by Gasteiger charge is 2.30. The minimum absolute atomic E-state index is 0.156. The van der Waals surface area contributed by atoms with Gasteiger partial charge < -0.3 is 14.6 Å². The normalized spacial score (nSPS) is 15.4. The summed E-state index contributed by atoms with van der Waals surface area (Å²) in [5.41, 5.74) is 1.66. The van der Waals surface area contributed by atoms with Crippen molar-refractivity contribution in [2.24, 2.45) is 5.92 Å². The van der Waals surface area contributed by atoms with Crippen LogP contribution in [0.1, 0.15) is 39.2 Å². The lowest BCUT2D eigenvalue weighted by atomic mass is 9.97. The Balaban J connectivity index is 1.43. The number of benzene rings is 2. The fraction of sp³-hybridized carbons (Fsp3) is 0.429. The maximum atomic E-state index is 13.2. The Labute approximate surface area is 218 Å². The smallest absolute Gasteiger partial charge is 0.410 e. The van der Waals surface area contributed by atoms with Crippen molar-refractivity contribution in [3.05, 3.63) is 64.4 Å². The van der Waals surface area contributed by atoms with Crippen LogP contribution in [0.5, 0.6) is 0 Å². The average Bonchev–Trinajstić information content (AvgIpc) is 2.84. The summed E-state index contributed by atoms with van der Waals surface area (Å²) in [7, 11) is -2.09. The Kier molecular flexibility index (Phi) is 7.48. The van der Waals surface area contributed by atoms with Crippen LogP contribution in [0, 0.1) is 12.8 Å². The summed E-state index contributed by atoms with van der Waals surface area (Å²) in [6.07, 6.45) is 1.11. The number of rotatable bonds is 5. The van der Waals surface area contributed by atoms with Crippen molar-refractivity contribution < 1.29 is 17.9 Å². The van der Waals surface area contributed by atoms with Gasteiger partial charge in [0, 0.05) is 37.8 Å². The molecule has 1 aliphatic rings. The number of aromatic amines is 1. The highest BCUT2D eigenvalue weighted by molar-refractivity contribution is 7.89. The second-order valence-corrected chi connectivity index (χ2v) is 12.8. The van der Waals surface area contributed by atoms with Gasteiger partial charge in [0.1, 0.15) is 5.60 Å². The summed E-state index contributed by atoms with van der Waals surface area (Å²) in [5, 5.41) is 1.50. The number of amides is 1. The molecule has 2 heterocycles. The van der Waals surface area contributed by atoms with Crippen molar-refractivity contribution in [1.82, 2.24) is 14.2 Å². The maximum Gasteiger partial charge on any atom is 0.410 e. The van der Waals surface area contributed by atoms with Gasteiger partial charge in [-0.2, -0.15) is 0 Å². The van der Waals surface area contributed by atoms with Gasteiger partial charge in [-0.3, -0.25) is 4.79 Å². The van der Waals surface area contributed by atoms with Gasteiger partial charge in [-0.05, 0) is 87.2 Å². The number of sulfonamides is 1. The molecule has 0 bridgehead atoms. The zero-order valence-electron chi connectivity index (χ0n) is 22.1. The molecule has 198 valence electrons. The monoisotopic (exact) mass is 525 g/mol. The number of hydrogen-bond donors (Lipinski definition) is 1. The number of carbonyl (C=O) groups is 1. The Bertz CT molecular complexity index is 1450. The first-order valence-electron chi connectivity index (χ1n) is 12.5. The summed E-state index contributed by atoms with van der Waals surface area (Å²) in [4.78, 5) is 29.6. The topological polar surface area (TPSA) is 99.8 Å². The van der Waals surface area contributed by atoms with Crippen molar-refractivity contribution >= 4 is 26.9 Å². The Morgan fingerprint density at radius 2 is 1.73 bits per heavy atom. The summed E-state index contributed by atoms with van der Waals surface area (Å²) in [5.74, 6) is 0.156. The molecule has 1 N–H and O–H groups in total. The predicted octanol–water partition coefficient (Wildman–Crippen LogP) is 4.77. The van der Waals surface area contributed by atoms with Gasteiger partial charge in [0.15, 0.2) is 0 Å². The highest BCUT2D eigenvalue weighted by Crippen LogP contribution is 2.26. The molecular formula is C28H35N3O5S. The molecule has 9 heteroatoms. The first-order valence-corrected chi connectivity index (χ1v) is 14.0. The molecule has 37 heavy (non-hydrogen) atoms. The van der Waals surface area contributed by atoms with Crippen molar-refractivity contribution in [3.8, 4) is 11.3 Å². The van der Waals surface area contributed by atoms with E-state index in [2.05, 4.69) is 4.98 Å². The molecule has 1 fully saturated rings. The van der Waals surface area contributed by atoms with Crippen LogP contribution in [-0.2, 0) is 14.8 Å². The number of aromatic nitrogens is 1. The fourth-order valence-electron chi connectivity index (χ4n) is 4.67. The largest absolute Gasteiger partial charge is 0.444 e. The van der Waals surface area contributed by atoms with E-state index in [0.717, 1.165) is 16.5 Å². The lowest BCUT2D eigenvalue weighted by molar-refractivity contribution is 0.0179. The van der Waals surface area contributed by atoms with E-state index >= 15 is 0 Å². The van der Waals surface area contributed by atoms with Crippen LogP contribution in [0.2, 0.25) is 0 Å². The van der Waals surface area contributed by atoms with Crippen LogP contribution in [0.25, 0.3) is 22.0 Å². The SMILES string of the molecule is Cc1cccc2c(=O)[nH]c(-c3ccc(S(=O)(=O)N(C)CC4CCN(C(=O)OC(C)(C)C)CC4)cc3)cc12. The van der Waals surface area contributed by atoms with Gasteiger partial charge in [0.2, 0.25) is 10.0 Å². The van der Waals surface area contributed by atoms with E-state index in [1.165, 1.54) is 4.31 Å². The Hall–Kier alpha value is -3.17. The van der Waals surface area contributed by atoms with Crippen molar-refractivity contribution in [3.63, 3.8) is 0 Å². The summed E-state index contributed by atoms with van der Waals surface area (Å²) in [6, 6.07) is 14.1. The van der Waals surface area contributed by atoms with E-state index in [9.17, 15) is 18.0 Å². The molecule has 0 saturated carbocycles. The van der Waals surface area contributed by atoms with Gasteiger partial charge in [-0.15, -0.1) is 0 Å². The molecule has 0 aliphatic carbocycles. The van der Waals surface area contributed by atoms with Gasteiger partial charge in [0.25, 0.3) is 5.56 Å². The lowest BCUT2D eigenvalue weighted by Gasteiger charge is -2.34. The number of piperidine rings is 1. The third-order valence-electron chi connectivity index (χ3n) is 6.76. The molecule has 2 aromatic carbocycles.